The average Bonchev–Trinajstić information content (AvgIpc) is 2.79. The molecule has 0 spiro atoms. The molecule has 3 rings (SSSR count). The fourth-order valence-corrected chi connectivity index (χ4v) is 4.98. The van der Waals surface area contributed by atoms with Crippen molar-refractivity contribution < 1.29 is 17.9 Å². The highest BCUT2D eigenvalue weighted by atomic mass is 35.5. The molecule has 6 nitrogen and oxygen atoms in total. The molecule has 1 atom stereocenters. The summed E-state index contributed by atoms with van der Waals surface area (Å²) in [5.41, 5.74) is 1.69. The van der Waals surface area contributed by atoms with Gasteiger partial charge in [0.05, 0.1) is 29.6 Å². The fourth-order valence-electron chi connectivity index (χ4n) is 3.24. The number of nitrogens with one attached hydrogen (secondary N) is 1. The third-order valence-corrected chi connectivity index (χ3v) is 7.04. The summed E-state index contributed by atoms with van der Waals surface area (Å²) >= 11 is 6.16. The smallest absolute Gasteiger partial charge is 0.243 e. The van der Waals surface area contributed by atoms with Crippen molar-refractivity contribution >= 4 is 27.5 Å². The van der Waals surface area contributed by atoms with Crippen molar-refractivity contribution in [3.63, 3.8) is 0 Å². The minimum Gasteiger partial charge on any atom is -0.495 e. The maximum Gasteiger partial charge on any atom is 0.243 e. The minimum absolute atomic E-state index is 0.0110. The van der Waals surface area contributed by atoms with Crippen LogP contribution in [0.5, 0.6) is 5.75 Å². The first kappa shape index (κ1) is 23.8. The Morgan fingerprint density at radius 1 is 1.03 bits per heavy atom. The fraction of sp³-hybridized carbons (Fsp3) is 0.208. The van der Waals surface area contributed by atoms with E-state index in [0.29, 0.717) is 5.75 Å². The van der Waals surface area contributed by atoms with E-state index >= 15 is 0 Å². The second kappa shape index (κ2) is 10.6. The first-order chi connectivity index (χ1) is 15.3. The van der Waals surface area contributed by atoms with Gasteiger partial charge in [-0.2, -0.15) is 4.31 Å². The number of amides is 1. The van der Waals surface area contributed by atoms with Gasteiger partial charge in [-0.1, -0.05) is 72.3 Å². The van der Waals surface area contributed by atoms with Crippen LogP contribution in [0, 0.1) is 0 Å². The molecule has 0 aliphatic carbocycles. The summed E-state index contributed by atoms with van der Waals surface area (Å²) in [6, 6.07) is 22.6. The Balaban J connectivity index is 1.86. The molecule has 32 heavy (non-hydrogen) atoms. The highest BCUT2D eigenvalue weighted by Crippen LogP contribution is 2.29. The van der Waals surface area contributed by atoms with Gasteiger partial charge in [-0.05, 0) is 36.2 Å². The lowest BCUT2D eigenvalue weighted by Gasteiger charge is -2.23. The summed E-state index contributed by atoms with van der Waals surface area (Å²) in [6.45, 7) is 1.56. The molecule has 0 heterocycles. The van der Waals surface area contributed by atoms with Crippen LogP contribution < -0.4 is 10.1 Å². The molecule has 0 aromatic heterocycles. The van der Waals surface area contributed by atoms with E-state index in [-0.39, 0.29) is 29.0 Å². The van der Waals surface area contributed by atoms with Gasteiger partial charge in [0.25, 0.3) is 0 Å². The van der Waals surface area contributed by atoms with Gasteiger partial charge in [-0.3, -0.25) is 4.79 Å². The van der Waals surface area contributed by atoms with Crippen LogP contribution in [0.15, 0.2) is 83.8 Å². The number of nitrogens with zero attached hydrogens (tertiary/aromatic N) is 1. The normalized spacial score (nSPS) is 12.4. The van der Waals surface area contributed by atoms with Gasteiger partial charge < -0.3 is 10.1 Å². The van der Waals surface area contributed by atoms with Crippen LogP contribution in [-0.2, 0) is 21.4 Å². The highest BCUT2D eigenvalue weighted by Gasteiger charge is 2.28. The molecule has 0 aliphatic rings. The predicted octanol–water partition coefficient (Wildman–Crippen LogP) is 4.42. The van der Waals surface area contributed by atoms with Gasteiger partial charge in [-0.25, -0.2) is 8.42 Å². The lowest BCUT2D eigenvalue weighted by atomic mass is 10.1. The van der Waals surface area contributed by atoms with E-state index in [1.165, 1.54) is 25.3 Å². The molecule has 1 amide bonds. The lowest BCUT2D eigenvalue weighted by molar-refractivity contribution is -0.122. The highest BCUT2D eigenvalue weighted by molar-refractivity contribution is 7.89. The summed E-state index contributed by atoms with van der Waals surface area (Å²) < 4.78 is 33.1. The standard InChI is InChI=1S/C24H25ClN2O4S/c1-18(20-11-7-4-8-12-20)26-24(28)17-27(16-19-9-5-3-6-10-19)32(29,30)21-13-14-23(31-2)22(25)15-21/h3-15,18H,16-17H2,1-2H3,(H,26,28)/t18-/m1/s1. The van der Waals surface area contributed by atoms with E-state index in [9.17, 15) is 13.2 Å². The molecule has 0 saturated carbocycles. The molecule has 0 saturated heterocycles. The minimum atomic E-state index is -4.01. The Bertz CT molecular complexity index is 1160. The van der Waals surface area contributed by atoms with E-state index in [4.69, 9.17) is 16.3 Å². The van der Waals surface area contributed by atoms with Crippen LogP contribution in [0.3, 0.4) is 0 Å². The van der Waals surface area contributed by atoms with Crippen molar-refractivity contribution in [3.8, 4) is 5.75 Å². The molecule has 3 aromatic carbocycles. The zero-order valence-corrected chi connectivity index (χ0v) is 19.4. The number of halogens is 1. The van der Waals surface area contributed by atoms with Crippen LogP contribution >= 0.6 is 11.6 Å². The number of rotatable bonds is 9. The first-order valence-electron chi connectivity index (χ1n) is 10.0. The molecule has 0 fully saturated rings. The Hall–Kier alpha value is -2.87. The van der Waals surface area contributed by atoms with Crippen LogP contribution in [0.2, 0.25) is 5.02 Å². The number of methoxy groups -OCH3 is 1. The summed E-state index contributed by atoms with van der Waals surface area (Å²) in [7, 11) is -2.56. The molecular weight excluding hydrogens is 448 g/mol. The first-order valence-corrected chi connectivity index (χ1v) is 11.8. The number of benzene rings is 3. The van der Waals surface area contributed by atoms with Gasteiger partial charge >= 0.3 is 0 Å². The number of carbonyl (C=O) groups excluding carboxylic acids is 1. The van der Waals surface area contributed by atoms with Crippen LogP contribution in [0.25, 0.3) is 0 Å². The number of hydrogen-bond donors (Lipinski definition) is 1. The summed E-state index contributed by atoms with van der Waals surface area (Å²) in [5, 5.41) is 3.05. The van der Waals surface area contributed by atoms with Crippen molar-refractivity contribution in [2.45, 2.75) is 24.4 Å². The molecule has 0 radical (unpaired) electrons. The summed E-state index contributed by atoms with van der Waals surface area (Å²) in [5.74, 6) is -0.0323. The SMILES string of the molecule is COc1ccc(S(=O)(=O)N(CC(=O)N[C@H](C)c2ccccc2)Cc2ccccc2)cc1Cl. The second-order valence-electron chi connectivity index (χ2n) is 7.25. The van der Waals surface area contributed by atoms with Gasteiger partial charge in [0.1, 0.15) is 5.75 Å². The van der Waals surface area contributed by atoms with Crippen molar-refractivity contribution in [3.05, 3.63) is 95.0 Å². The van der Waals surface area contributed by atoms with Crippen LogP contribution in [0.4, 0.5) is 0 Å². The topological polar surface area (TPSA) is 75.7 Å². The predicted molar refractivity (Wildman–Crippen MR) is 125 cm³/mol. The molecule has 0 bridgehead atoms. The Morgan fingerprint density at radius 2 is 1.66 bits per heavy atom. The van der Waals surface area contributed by atoms with Crippen molar-refractivity contribution in [1.82, 2.24) is 9.62 Å². The molecule has 168 valence electrons. The molecule has 3 aromatic rings. The number of hydrogen-bond acceptors (Lipinski definition) is 4. The zero-order chi connectivity index (χ0) is 23.1. The average molecular weight is 473 g/mol. The van der Waals surface area contributed by atoms with E-state index in [2.05, 4.69) is 5.32 Å². The Labute approximate surface area is 193 Å². The lowest BCUT2D eigenvalue weighted by Crippen LogP contribution is -2.41. The van der Waals surface area contributed by atoms with Crippen molar-refractivity contribution in [1.29, 1.82) is 0 Å². The molecule has 8 heteroatoms. The Morgan fingerprint density at radius 3 is 2.25 bits per heavy atom. The maximum atomic E-state index is 13.4. The van der Waals surface area contributed by atoms with Gasteiger partial charge in [0.2, 0.25) is 15.9 Å². The molecule has 0 aliphatic heterocycles. The van der Waals surface area contributed by atoms with Crippen LogP contribution in [0.1, 0.15) is 24.1 Å². The summed E-state index contributed by atoms with van der Waals surface area (Å²) in [4.78, 5) is 12.8. The van der Waals surface area contributed by atoms with E-state index < -0.39 is 15.9 Å². The van der Waals surface area contributed by atoms with Gasteiger partial charge in [0.15, 0.2) is 0 Å². The zero-order valence-electron chi connectivity index (χ0n) is 17.9. The van der Waals surface area contributed by atoms with Crippen LogP contribution in [-0.4, -0.2) is 32.3 Å². The quantitative estimate of drug-likeness (QED) is 0.500. The number of carbonyl (C=O) groups is 1. The third-order valence-electron chi connectivity index (χ3n) is 4.96. The largest absolute Gasteiger partial charge is 0.495 e. The molecule has 0 unspecified atom stereocenters. The second-order valence-corrected chi connectivity index (χ2v) is 9.60. The van der Waals surface area contributed by atoms with Gasteiger partial charge in [0, 0.05) is 6.54 Å². The number of ether oxygens (including phenoxy) is 1. The molecular formula is C24H25ClN2O4S. The number of sulfonamides is 1. The maximum absolute atomic E-state index is 13.4. The van der Waals surface area contributed by atoms with E-state index in [1.54, 1.807) is 0 Å². The summed E-state index contributed by atoms with van der Waals surface area (Å²) in [6.07, 6.45) is 0. The van der Waals surface area contributed by atoms with Gasteiger partial charge in [-0.15, -0.1) is 0 Å². The Kier molecular flexibility index (Phi) is 7.90. The van der Waals surface area contributed by atoms with Crippen molar-refractivity contribution in [2.75, 3.05) is 13.7 Å². The monoisotopic (exact) mass is 472 g/mol. The van der Waals surface area contributed by atoms with E-state index in [0.717, 1.165) is 15.4 Å². The van der Waals surface area contributed by atoms with Crippen molar-refractivity contribution in [2.24, 2.45) is 0 Å². The molecule has 1 N–H and O–H groups in total. The van der Waals surface area contributed by atoms with E-state index in [1.807, 2.05) is 67.6 Å². The third kappa shape index (κ3) is 5.88.